The molecule has 106 valence electrons. The normalized spacial score (nSPS) is 19.5. The molecule has 0 spiro atoms. The zero-order chi connectivity index (χ0) is 13.5. The van der Waals surface area contributed by atoms with Crippen LogP contribution in [0.3, 0.4) is 0 Å². The Hall–Kier alpha value is -0.900. The predicted octanol–water partition coefficient (Wildman–Crippen LogP) is 1.66. The maximum atomic E-state index is 9.54. The predicted molar refractivity (Wildman–Crippen MR) is 79.3 cm³/mol. The smallest absolute Gasteiger partial charge is 0.0587 e. The van der Waals surface area contributed by atoms with Crippen LogP contribution in [0.1, 0.15) is 25.3 Å². The number of hydrogen-bond donors (Lipinski definition) is 2. The number of nitrogens with zero attached hydrogens (tertiary/aromatic N) is 1. The Morgan fingerprint density at radius 1 is 1.26 bits per heavy atom. The number of rotatable bonds is 6. The van der Waals surface area contributed by atoms with Crippen LogP contribution in [0.4, 0.5) is 0 Å². The Bertz CT molecular complexity index is 347. The number of aliphatic hydroxyl groups excluding tert-OH is 1. The van der Waals surface area contributed by atoms with E-state index < -0.39 is 0 Å². The lowest BCUT2D eigenvalue weighted by Gasteiger charge is -2.33. The van der Waals surface area contributed by atoms with Crippen molar-refractivity contribution in [3.05, 3.63) is 35.9 Å². The van der Waals surface area contributed by atoms with E-state index in [1.54, 1.807) is 0 Å². The van der Waals surface area contributed by atoms with Crippen molar-refractivity contribution in [2.24, 2.45) is 0 Å². The second-order valence-corrected chi connectivity index (χ2v) is 5.44. The van der Waals surface area contributed by atoms with Gasteiger partial charge in [-0.2, -0.15) is 0 Å². The summed E-state index contributed by atoms with van der Waals surface area (Å²) in [4.78, 5) is 2.49. The quantitative estimate of drug-likeness (QED) is 0.818. The summed E-state index contributed by atoms with van der Waals surface area (Å²) in [6.45, 7) is 5.94. The van der Waals surface area contributed by atoms with Crippen molar-refractivity contribution >= 4 is 0 Å². The van der Waals surface area contributed by atoms with E-state index in [9.17, 15) is 5.11 Å². The third-order valence-corrected chi connectivity index (χ3v) is 4.05. The first kappa shape index (κ1) is 14.5. The van der Waals surface area contributed by atoms with Gasteiger partial charge in [-0.15, -0.1) is 0 Å². The van der Waals surface area contributed by atoms with Gasteiger partial charge in [-0.3, -0.25) is 0 Å². The highest BCUT2D eigenvalue weighted by Crippen LogP contribution is 2.12. The third-order valence-electron chi connectivity index (χ3n) is 4.05. The molecule has 3 nitrogen and oxygen atoms in total. The molecule has 1 aromatic carbocycles. The number of aliphatic hydroxyl groups is 1. The molecule has 1 aromatic rings. The van der Waals surface area contributed by atoms with Crippen molar-refractivity contribution in [2.45, 2.75) is 38.3 Å². The van der Waals surface area contributed by atoms with Crippen LogP contribution in [0, 0.1) is 0 Å². The summed E-state index contributed by atoms with van der Waals surface area (Å²) in [5.41, 5.74) is 1.29. The number of likely N-dealkylation sites (tertiary alicyclic amines) is 1. The SMILES string of the molecule is CCN1CCC(N[C@@H](CO)Cc2ccccc2)CC1. The summed E-state index contributed by atoms with van der Waals surface area (Å²) < 4.78 is 0. The van der Waals surface area contributed by atoms with Crippen LogP contribution in [0.25, 0.3) is 0 Å². The van der Waals surface area contributed by atoms with E-state index in [1.165, 1.54) is 31.5 Å². The molecule has 2 N–H and O–H groups in total. The van der Waals surface area contributed by atoms with Gasteiger partial charge < -0.3 is 15.3 Å². The zero-order valence-electron chi connectivity index (χ0n) is 11.9. The molecular weight excluding hydrogens is 236 g/mol. The van der Waals surface area contributed by atoms with Crippen LogP contribution in [0.2, 0.25) is 0 Å². The van der Waals surface area contributed by atoms with Crippen molar-refractivity contribution in [1.82, 2.24) is 10.2 Å². The summed E-state index contributed by atoms with van der Waals surface area (Å²) >= 11 is 0. The average molecular weight is 262 g/mol. The Balaban J connectivity index is 1.79. The van der Waals surface area contributed by atoms with E-state index in [0.29, 0.717) is 6.04 Å². The Morgan fingerprint density at radius 2 is 1.95 bits per heavy atom. The molecule has 0 bridgehead atoms. The van der Waals surface area contributed by atoms with E-state index >= 15 is 0 Å². The minimum atomic E-state index is 0.181. The summed E-state index contributed by atoms with van der Waals surface area (Å²) in [6, 6.07) is 11.1. The zero-order valence-corrected chi connectivity index (χ0v) is 11.9. The molecule has 1 aliphatic rings. The summed E-state index contributed by atoms with van der Waals surface area (Å²) in [5, 5.41) is 13.2. The molecule has 1 atom stereocenters. The topological polar surface area (TPSA) is 35.5 Å². The first-order valence-corrected chi connectivity index (χ1v) is 7.45. The number of piperidine rings is 1. The van der Waals surface area contributed by atoms with Crippen LogP contribution < -0.4 is 5.32 Å². The Labute approximate surface area is 116 Å². The van der Waals surface area contributed by atoms with Gasteiger partial charge in [0.1, 0.15) is 0 Å². The van der Waals surface area contributed by atoms with Crippen molar-refractivity contribution in [3.63, 3.8) is 0 Å². The van der Waals surface area contributed by atoms with Crippen LogP contribution in [-0.2, 0) is 6.42 Å². The molecule has 0 radical (unpaired) electrons. The van der Waals surface area contributed by atoms with Gasteiger partial charge >= 0.3 is 0 Å². The lowest BCUT2D eigenvalue weighted by atomic mass is 10.0. The van der Waals surface area contributed by atoms with Gasteiger partial charge in [0, 0.05) is 12.1 Å². The molecule has 1 saturated heterocycles. The maximum absolute atomic E-state index is 9.54. The number of nitrogens with one attached hydrogen (secondary N) is 1. The summed E-state index contributed by atoms with van der Waals surface area (Å²) in [5.74, 6) is 0. The minimum absolute atomic E-state index is 0.181. The summed E-state index contributed by atoms with van der Waals surface area (Å²) in [7, 11) is 0. The highest BCUT2D eigenvalue weighted by atomic mass is 16.3. The first-order valence-electron chi connectivity index (χ1n) is 7.45. The lowest BCUT2D eigenvalue weighted by Crippen LogP contribution is -2.48. The monoisotopic (exact) mass is 262 g/mol. The van der Waals surface area contributed by atoms with Gasteiger partial charge in [0.05, 0.1) is 6.61 Å². The summed E-state index contributed by atoms with van der Waals surface area (Å²) in [6.07, 6.45) is 3.30. The van der Waals surface area contributed by atoms with Crippen molar-refractivity contribution in [2.75, 3.05) is 26.2 Å². The van der Waals surface area contributed by atoms with Gasteiger partial charge in [-0.05, 0) is 44.5 Å². The molecular formula is C16H26N2O. The second-order valence-electron chi connectivity index (χ2n) is 5.44. The molecule has 0 aliphatic carbocycles. The maximum Gasteiger partial charge on any atom is 0.0587 e. The third kappa shape index (κ3) is 4.60. The van der Waals surface area contributed by atoms with Crippen LogP contribution >= 0.6 is 0 Å². The Morgan fingerprint density at radius 3 is 2.53 bits per heavy atom. The highest BCUT2D eigenvalue weighted by Gasteiger charge is 2.20. The van der Waals surface area contributed by atoms with Crippen molar-refractivity contribution < 1.29 is 5.11 Å². The highest BCUT2D eigenvalue weighted by molar-refractivity contribution is 5.16. The standard InChI is InChI=1S/C16H26N2O/c1-2-18-10-8-15(9-11-18)17-16(13-19)12-14-6-4-3-5-7-14/h3-7,15-17,19H,2,8-13H2,1H3/t16-/m1/s1. The molecule has 0 amide bonds. The molecule has 19 heavy (non-hydrogen) atoms. The van der Waals surface area contributed by atoms with Gasteiger partial charge in [-0.1, -0.05) is 37.3 Å². The van der Waals surface area contributed by atoms with E-state index in [4.69, 9.17) is 0 Å². The molecule has 1 aliphatic heterocycles. The molecule has 2 rings (SSSR count). The molecule has 1 heterocycles. The van der Waals surface area contributed by atoms with Crippen molar-refractivity contribution in [3.8, 4) is 0 Å². The molecule has 3 heteroatoms. The Kier molecular flexibility index (Phi) is 5.83. The van der Waals surface area contributed by atoms with Gasteiger partial charge in [0.2, 0.25) is 0 Å². The van der Waals surface area contributed by atoms with Gasteiger partial charge in [0.15, 0.2) is 0 Å². The van der Waals surface area contributed by atoms with Crippen molar-refractivity contribution in [1.29, 1.82) is 0 Å². The largest absolute Gasteiger partial charge is 0.395 e. The fraction of sp³-hybridized carbons (Fsp3) is 0.625. The van der Waals surface area contributed by atoms with E-state index in [2.05, 4.69) is 41.4 Å². The lowest BCUT2D eigenvalue weighted by molar-refractivity contribution is 0.176. The minimum Gasteiger partial charge on any atom is -0.395 e. The first-order chi connectivity index (χ1) is 9.31. The fourth-order valence-electron chi connectivity index (χ4n) is 2.82. The van der Waals surface area contributed by atoms with E-state index in [-0.39, 0.29) is 12.6 Å². The second kappa shape index (κ2) is 7.63. The van der Waals surface area contributed by atoms with Crippen LogP contribution in [-0.4, -0.2) is 48.3 Å². The van der Waals surface area contributed by atoms with E-state index in [1.807, 2.05) is 6.07 Å². The average Bonchev–Trinajstić information content (AvgIpc) is 2.48. The molecule has 1 fully saturated rings. The number of benzene rings is 1. The molecule has 0 unspecified atom stereocenters. The number of hydrogen-bond acceptors (Lipinski definition) is 3. The van der Waals surface area contributed by atoms with E-state index in [0.717, 1.165) is 13.0 Å². The van der Waals surface area contributed by atoms with Crippen LogP contribution in [0.5, 0.6) is 0 Å². The fourth-order valence-corrected chi connectivity index (χ4v) is 2.82. The van der Waals surface area contributed by atoms with Crippen LogP contribution in [0.15, 0.2) is 30.3 Å². The molecule has 0 saturated carbocycles. The molecule has 0 aromatic heterocycles. The van der Waals surface area contributed by atoms with Gasteiger partial charge in [-0.25, -0.2) is 0 Å². The van der Waals surface area contributed by atoms with Gasteiger partial charge in [0.25, 0.3) is 0 Å².